The number of aromatic nitrogens is 1. The number of pyridine rings is 1. The van der Waals surface area contributed by atoms with Gasteiger partial charge in [-0.1, -0.05) is 0 Å². The molecule has 1 aromatic heterocycles. The third-order valence-electron chi connectivity index (χ3n) is 1.02. The van der Waals surface area contributed by atoms with Gasteiger partial charge in [0.25, 0.3) is 0 Å². The molecule has 0 radical (unpaired) electrons. The smallest absolute Gasteiger partial charge is 0.249 e. The number of H-pyrrole nitrogens is 1. The van der Waals surface area contributed by atoms with Gasteiger partial charge in [0.05, 0.1) is 5.56 Å². The normalized spacial score (nSPS) is 8.80. The van der Waals surface area contributed by atoms with E-state index in [9.17, 15) is 4.79 Å². The van der Waals surface area contributed by atoms with Crippen LogP contribution in [0.2, 0.25) is 0 Å². The molecule has 0 fully saturated rings. The van der Waals surface area contributed by atoms with E-state index in [0.29, 0.717) is 10.5 Å². The fourth-order valence-corrected chi connectivity index (χ4v) is 0.733. The molecule has 0 atom stereocenters. The van der Waals surface area contributed by atoms with E-state index >= 15 is 0 Å². The number of aromatic amines is 1. The Bertz CT molecular complexity index is 336. The molecule has 1 N–H and O–H groups in total. The topological polar surface area (TPSA) is 56.6 Å². The first-order chi connectivity index (χ1) is 4.74. The predicted molar refractivity (Wildman–Crippen MR) is 39.0 cm³/mol. The highest BCUT2D eigenvalue weighted by molar-refractivity contribution is 7.80. The van der Waals surface area contributed by atoms with E-state index in [0.717, 1.165) is 0 Å². The average Bonchev–Trinajstić information content (AvgIpc) is 1.94. The lowest BCUT2D eigenvalue weighted by atomic mass is 10.3. The zero-order valence-electron chi connectivity index (χ0n) is 4.96. The molecule has 0 aromatic carbocycles. The van der Waals surface area contributed by atoms with Gasteiger partial charge in [-0.05, 0) is 0 Å². The molecular weight excluding hydrogens is 148 g/mol. The van der Waals surface area contributed by atoms with Crippen LogP contribution in [-0.2, 0) is 0 Å². The number of thiol groups is 1. The van der Waals surface area contributed by atoms with Gasteiger partial charge in [-0.2, -0.15) is 5.26 Å². The van der Waals surface area contributed by atoms with Crippen LogP contribution >= 0.6 is 12.6 Å². The van der Waals surface area contributed by atoms with Crippen LogP contribution in [0.4, 0.5) is 0 Å². The fourth-order valence-electron chi connectivity index (χ4n) is 0.553. The largest absolute Gasteiger partial charge is 0.328 e. The monoisotopic (exact) mass is 152 g/mol. The van der Waals surface area contributed by atoms with Crippen molar-refractivity contribution in [1.29, 1.82) is 5.26 Å². The summed E-state index contributed by atoms with van der Waals surface area (Å²) in [7, 11) is 0. The van der Waals surface area contributed by atoms with Gasteiger partial charge in [-0.3, -0.25) is 4.79 Å². The summed E-state index contributed by atoms with van der Waals surface area (Å²) >= 11 is 3.93. The van der Waals surface area contributed by atoms with E-state index < -0.39 is 0 Å². The number of hydrogen-bond acceptors (Lipinski definition) is 3. The van der Waals surface area contributed by atoms with Gasteiger partial charge < -0.3 is 4.98 Å². The molecule has 0 unspecified atom stereocenters. The average molecular weight is 152 g/mol. The molecule has 0 aliphatic heterocycles. The molecule has 0 spiro atoms. The molecule has 50 valence electrons. The summed E-state index contributed by atoms with van der Waals surface area (Å²) in [5, 5.41) is 8.39. The van der Waals surface area contributed by atoms with Crippen molar-refractivity contribution in [3.05, 3.63) is 28.2 Å². The molecule has 1 rings (SSSR count). The molecular formula is C6H4N2OS. The maximum Gasteiger partial charge on any atom is 0.249 e. The van der Waals surface area contributed by atoms with Crippen molar-refractivity contribution < 1.29 is 0 Å². The van der Waals surface area contributed by atoms with Gasteiger partial charge in [0.15, 0.2) is 0 Å². The lowest BCUT2D eigenvalue weighted by Crippen LogP contribution is -2.03. The van der Waals surface area contributed by atoms with E-state index in [-0.39, 0.29) is 5.56 Å². The third-order valence-corrected chi connectivity index (χ3v) is 1.39. The van der Waals surface area contributed by atoms with E-state index in [1.807, 2.05) is 6.07 Å². The number of rotatable bonds is 0. The van der Waals surface area contributed by atoms with Crippen molar-refractivity contribution >= 4 is 12.6 Å². The highest BCUT2D eigenvalue weighted by Crippen LogP contribution is 2.06. The second kappa shape index (κ2) is 2.58. The molecule has 0 amide bonds. The Kier molecular flexibility index (Phi) is 1.78. The Morgan fingerprint density at radius 3 is 2.90 bits per heavy atom. The Hall–Kier alpha value is -1.21. The third kappa shape index (κ3) is 1.20. The van der Waals surface area contributed by atoms with Crippen molar-refractivity contribution in [2.24, 2.45) is 0 Å². The fraction of sp³-hybridized carbons (Fsp3) is 0. The number of nitrogens with one attached hydrogen (secondary N) is 1. The summed E-state index contributed by atoms with van der Waals surface area (Å²) in [4.78, 5) is 13.4. The van der Waals surface area contributed by atoms with Crippen molar-refractivity contribution in [2.75, 3.05) is 0 Å². The quantitative estimate of drug-likeness (QED) is 0.533. The molecule has 3 nitrogen and oxygen atoms in total. The second-order valence-electron chi connectivity index (χ2n) is 1.71. The summed E-state index contributed by atoms with van der Waals surface area (Å²) in [5.74, 6) is 0. The second-order valence-corrected chi connectivity index (χ2v) is 2.19. The summed E-state index contributed by atoms with van der Waals surface area (Å²) in [6, 6.07) is 3.05. The number of nitriles is 1. The van der Waals surface area contributed by atoms with Gasteiger partial charge in [0, 0.05) is 17.2 Å². The Labute approximate surface area is 62.7 Å². The van der Waals surface area contributed by atoms with Crippen LogP contribution < -0.4 is 5.56 Å². The standard InChI is InChI=1S/C6H4N2OS/c7-2-4-1-6(9)8-3-5(4)10/h1,3,10H,(H,8,9). The van der Waals surface area contributed by atoms with Crippen LogP contribution in [0.3, 0.4) is 0 Å². The van der Waals surface area contributed by atoms with Gasteiger partial charge in [0.1, 0.15) is 6.07 Å². The van der Waals surface area contributed by atoms with Gasteiger partial charge in [-0.15, -0.1) is 12.6 Å². The Morgan fingerprint density at radius 1 is 1.70 bits per heavy atom. The molecule has 4 heteroatoms. The maximum absolute atomic E-state index is 10.6. The first-order valence-corrected chi connectivity index (χ1v) is 3.00. The minimum atomic E-state index is -0.283. The van der Waals surface area contributed by atoms with E-state index in [4.69, 9.17) is 5.26 Å². The van der Waals surface area contributed by atoms with Crippen LogP contribution in [0.1, 0.15) is 5.56 Å². The van der Waals surface area contributed by atoms with Gasteiger partial charge >= 0.3 is 0 Å². The molecule has 1 heterocycles. The summed E-state index contributed by atoms with van der Waals surface area (Å²) < 4.78 is 0. The molecule has 1 aromatic rings. The predicted octanol–water partition coefficient (Wildman–Crippen LogP) is 0.535. The maximum atomic E-state index is 10.6. The molecule has 10 heavy (non-hydrogen) atoms. The SMILES string of the molecule is N#Cc1cc(=O)[nH]cc1S. The first-order valence-electron chi connectivity index (χ1n) is 2.56. The summed E-state index contributed by atoms with van der Waals surface area (Å²) in [5.41, 5.74) is 0.0152. The van der Waals surface area contributed by atoms with Crippen molar-refractivity contribution in [1.82, 2.24) is 4.98 Å². The Morgan fingerprint density at radius 2 is 2.40 bits per heavy atom. The van der Waals surface area contributed by atoms with Crippen molar-refractivity contribution in [2.45, 2.75) is 4.90 Å². The zero-order valence-corrected chi connectivity index (χ0v) is 5.85. The first kappa shape index (κ1) is 6.90. The molecule has 0 aliphatic rings. The van der Waals surface area contributed by atoms with Crippen LogP contribution in [-0.4, -0.2) is 4.98 Å². The van der Waals surface area contributed by atoms with Crippen LogP contribution in [0, 0.1) is 11.3 Å². The van der Waals surface area contributed by atoms with Gasteiger partial charge in [-0.25, -0.2) is 0 Å². The zero-order chi connectivity index (χ0) is 7.56. The van der Waals surface area contributed by atoms with Crippen LogP contribution in [0.15, 0.2) is 22.0 Å². The summed E-state index contributed by atoms with van der Waals surface area (Å²) in [6.07, 6.45) is 1.39. The minimum absolute atomic E-state index is 0.283. The van der Waals surface area contributed by atoms with Crippen LogP contribution in [0.5, 0.6) is 0 Å². The number of nitrogens with zero attached hydrogens (tertiary/aromatic N) is 1. The summed E-state index contributed by atoms with van der Waals surface area (Å²) in [6.45, 7) is 0. The molecule has 0 saturated heterocycles. The lowest BCUT2D eigenvalue weighted by molar-refractivity contribution is 1.16. The molecule has 0 aliphatic carbocycles. The van der Waals surface area contributed by atoms with E-state index in [1.165, 1.54) is 12.3 Å². The van der Waals surface area contributed by atoms with E-state index in [1.54, 1.807) is 0 Å². The van der Waals surface area contributed by atoms with Crippen molar-refractivity contribution in [3.63, 3.8) is 0 Å². The lowest BCUT2D eigenvalue weighted by Gasteiger charge is -1.90. The minimum Gasteiger partial charge on any atom is -0.328 e. The molecule has 0 bridgehead atoms. The van der Waals surface area contributed by atoms with E-state index in [2.05, 4.69) is 17.6 Å². The van der Waals surface area contributed by atoms with Gasteiger partial charge in [0.2, 0.25) is 5.56 Å². The van der Waals surface area contributed by atoms with Crippen LogP contribution in [0.25, 0.3) is 0 Å². The highest BCUT2D eigenvalue weighted by atomic mass is 32.1. The van der Waals surface area contributed by atoms with Crippen molar-refractivity contribution in [3.8, 4) is 6.07 Å². The number of hydrogen-bond donors (Lipinski definition) is 2. The highest BCUT2D eigenvalue weighted by Gasteiger charge is 1.95. The molecule has 0 saturated carbocycles. The Balaban J connectivity index is 3.40.